The summed E-state index contributed by atoms with van der Waals surface area (Å²) in [6, 6.07) is 3.84. The molecule has 0 unspecified atom stereocenters. The van der Waals surface area contributed by atoms with Gasteiger partial charge in [0.05, 0.1) is 4.70 Å². The van der Waals surface area contributed by atoms with Crippen LogP contribution in [0.2, 0.25) is 0 Å². The summed E-state index contributed by atoms with van der Waals surface area (Å²) in [5.41, 5.74) is -0.204. The predicted molar refractivity (Wildman–Crippen MR) is 51.3 cm³/mol. The van der Waals surface area contributed by atoms with Crippen LogP contribution in [0.1, 0.15) is 5.01 Å². The van der Waals surface area contributed by atoms with Crippen LogP contribution in [-0.4, -0.2) is 11.6 Å². The minimum absolute atomic E-state index is 0.149. The lowest BCUT2D eigenvalue weighted by Gasteiger charge is -2.03. The van der Waals surface area contributed by atoms with Gasteiger partial charge in [0.15, 0.2) is 10.8 Å². The van der Waals surface area contributed by atoms with E-state index in [1.165, 1.54) is 12.1 Å². The Morgan fingerprint density at radius 2 is 1.94 bits per heavy atom. The van der Waals surface area contributed by atoms with Gasteiger partial charge in [-0.1, -0.05) is 6.07 Å². The van der Waals surface area contributed by atoms with Crippen LogP contribution in [0.3, 0.4) is 0 Å². The highest BCUT2D eigenvalue weighted by atomic mass is 32.1. The zero-order chi connectivity index (χ0) is 12.6. The van der Waals surface area contributed by atoms with Crippen LogP contribution in [0.4, 0.5) is 22.0 Å². The molecule has 2 aromatic rings. The first kappa shape index (κ1) is 12.0. The number of rotatable bonds is 2. The molecule has 2 nitrogen and oxygen atoms in total. The van der Waals surface area contributed by atoms with Gasteiger partial charge >= 0.3 is 12.8 Å². The van der Waals surface area contributed by atoms with Crippen molar-refractivity contribution < 1.29 is 26.7 Å². The van der Waals surface area contributed by atoms with Crippen molar-refractivity contribution in [3.8, 4) is 5.75 Å². The van der Waals surface area contributed by atoms with Gasteiger partial charge in [-0.05, 0) is 12.1 Å². The van der Waals surface area contributed by atoms with Crippen molar-refractivity contribution in [1.82, 2.24) is 4.98 Å². The summed E-state index contributed by atoms with van der Waals surface area (Å²) in [6.45, 7) is -3.10. The molecule has 1 aromatic carbocycles. The molecule has 17 heavy (non-hydrogen) atoms. The van der Waals surface area contributed by atoms with Gasteiger partial charge in [0, 0.05) is 0 Å². The molecule has 0 aliphatic rings. The summed E-state index contributed by atoms with van der Waals surface area (Å²) < 4.78 is 65.4. The van der Waals surface area contributed by atoms with Crippen molar-refractivity contribution in [2.45, 2.75) is 12.8 Å². The van der Waals surface area contributed by atoms with Crippen molar-refractivity contribution >= 4 is 21.6 Å². The lowest BCUT2D eigenvalue weighted by molar-refractivity contribution is -0.137. The minimum Gasteiger partial charge on any atom is -0.432 e. The molecule has 1 aromatic heterocycles. The van der Waals surface area contributed by atoms with E-state index in [0.29, 0.717) is 11.3 Å². The normalized spacial score (nSPS) is 12.4. The smallest absolute Gasteiger partial charge is 0.432 e. The summed E-state index contributed by atoms with van der Waals surface area (Å²) in [7, 11) is 0. The van der Waals surface area contributed by atoms with Crippen LogP contribution < -0.4 is 4.74 Å². The third-order valence-electron chi connectivity index (χ3n) is 1.84. The molecule has 0 aliphatic carbocycles. The Balaban J connectivity index is 2.53. The molecule has 2 rings (SSSR count). The second kappa shape index (κ2) is 4.10. The quantitative estimate of drug-likeness (QED) is 0.771. The summed E-state index contributed by atoms with van der Waals surface area (Å²) >= 11 is 0.384. The first-order valence-corrected chi connectivity index (χ1v) is 5.11. The maximum absolute atomic E-state index is 12.4. The number of halogens is 5. The lowest BCUT2D eigenvalue weighted by atomic mass is 10.3. The van der Waals surface area contributed by atoms with Gasteiger partial charge in [-0.3, -0.25) is 0 Å². The van der Waals surface area contributed by atoms with Crippen molar-refractivity contribution in [2.24, 2.45) is 0 Å². The van der Waals surface area contributed by atoms with E-state index in [4.69, 9.17) is 0 Å². The predicted octanol–water partition coefficient (Wildman–Crippen LogP) is 3.92. The van der Waals surface area contributed by atoms with Gasteiger partial charge < -0.3 is 4.74 Å². The molecule has 0 bridgehead atoms. The van der Waals surface area contributed by atoms with E-state index in [9.17, 15) is 22.0 Å². The second-order valence-electron chi connectivity index (χ2n) is 3.00. The number of nitrogens with zero attached hydrogens (tertiary/aromatic N) is 1. The van der Waals surface area contributed by atoms with Gasteiger partial charge in [-0.25, -0.2) is 4.98 Å². The zero-order valence-corrected chi connectivity index (χ0v) is 8.78. The van der Waals surface area contributed by atoms with Crippen LogP contribution in [0.15, 0.2) is 18.2 Å². The summed E-state index contributed by atoms with van der Waals surface area (Å²) in [5, 5.41) is -1.09. The van der Waals surface area contributed by atoms with E-state index in [1.54, 1.807) is 0 Å². The lowest BCUT2D eigenvalue weighted by Crippen LogP contribution is -2.04. The Morgan fingerprint density at radius 3 is 2.53 bits per heavy atom. The van der Waals surface area contributed by atoms with Crippen molar-refractivity contribution in [2.75, 3.05) is 0 Å². The van der Waals surface area contributed by atoms with Crippen LogP contribution >= 0.6 is 11.3 Å². The Morgan fingerprint density at radius 1 is 1.24 bits per heavy atom. The van der Waals surface area contributed by atoms with Gasteiger partial charge in [-0.15, -0.1) is 11.3 Å². The molecule has 0 amide bonds. The molecule has 1 heterocycles. The highest BCUT2D eigenvalue weighted by molar-refractivity contribution is 7.18. The summed E-state index contributed by atoms with van der Waals surface area (Å²) in [4.78, 5) is 3.27. The fourth-order valence-corrected chi connectivity index (χ4v) is 2.09. The second-order valence-corrected chi connectivity index (χ2v) is 4.03. The van der Waals surface area contributed by atoms with Crippen molar-refractivity contribution in [3.63, 3.8) is 0 Å². The Hall–Kier alpha value is -1.44. The molecule has 8 heteroatoms. The number of para-hydroxylation sites is 1. The number of thiazole rings is 1. The first-order valence-electron chi connectivity index (χ1n) is 4.29. The van der Waals surface area contributed by atoms with E-state index in [2.05, 4.69) is 9.72 Å². The number of hydrogen-bond donors (Lipinski definition) is 0. The number of alkyl halides is 5. The molecular weight excluding hydrogens is 265 g/mol. The van der Waals surface area contributed by atoms with E-state index in [0.717, 1.165) is 6.07 Å². The molecular formula is C9H4F5NOS. The summed E-state index contributed by atoms with van der Waals surface area (Å²) in [6.07, 6.45) is -4.59. The highest BCUT2D eigenvalue weighted by Crippen LogP contribution is 2.38. The topological polar surface area (TPSA) is 22.1 Å². The zero-order valence-electron chi connectivity index (χ0n) is 7.96. The molecule has 0 atom stereocenters. The summed E-state index contributed by atoms with van der Waals surface area (Å²) in [5.74, 6) is -0.357. The maximum Gasteiger partial charge on any atom is 0.443 e. The molecule has 0 spiro atoms. The van der Waals surface area contributed by atoms with Gasteiger partial charge in [0.1, 0.15) is 5.52 Å². The molecule has 0 aliphatic heterocycles. The first-order chi connectivity index (χ1) is 7.88. The SMILES string of the molecule is FC(F)Oc1cccc2sc(C(F)(F)F)nc12. The molecule has 92 valence electrons. The van der Waals surface area contributed by atoms with E-state index < -0.39 is 17.8 Å². The molecule has 0 N–H and O–H groups in total. The number of fused-ring (bicyclic) bond motifs is 1. The number of hydrogen-bond acceptors (Lipinski definition) is 3. The van der Waals surface area contributed by atoms with Gasteiger partial charge in [0.25, 0.3) is 0 Å². The maximum atomic E-state index is 12.4. The molecule has 0 radical (unpaired) electrons. The fraction of sp³-hybridized carbons (Fsp3) is 0.222. The van der Waals surface area contributed by atoms with Crippen LogP contribution in [0.25, 0.3) is 10.2 Å². The number of aromatic nitrogens is 1. The standard InChI is InChI=1S/C9H4F5NOS/c10-8(11)16-4-2-1-3-5-6(4)15-7(17-5)9(12,13)14/h1-3,8H. The molecule has 0 fully saturated rings. The Bertz CT molecular complexity index is 536. The highest BCUT2D eigenvalue weighted by Gasteiger charge is 2.35. The van der Waals surface area contributed by atoms with Gasteiger partial charge in [-0.2, -0.15) is 22.0 Å². The average Bonchev–Trinajstić information content (AvgIpc) is 2.60. The van der Waals surface area contributed by atoms with Gasteiger partial charge in [0.2, 0.25) is 0 Å². The average molecular weight is 269 g/mol. The largest absolute Gasteiger partial charge is 0.443 e. The monoisotopic (exact) mass is 269 g/mol. The third-order valence-corrected chi connectivity index (χ3v) is 2.91. The minimum atomic E-state index is -4.59. The molecule has 0 saturated carbocycles. The van der Waals surface area contributed by atoms with Crippen molar-refractivity contribution in [3.05, 3.63) is 23.2 Å². The van der Waals surface area contributed by atoms with E-state index in [-0.39, 0.29) is 16.0 Å². The number of ether oxygens (including phenoxy) is 1. The third kappa shape index (κ3) is 2.46. The van der Waals surface area contributed by atoms with Crippen molar-refractivity contribution in [1.29, 1.82) is 0 Å². The van der Waals surface area contributed by atoms with Crippen LogP contribution in [-0.2, 0) is 6.18 Å². The Kier molecular flexibility index (Phi) is 2.90. The van der Waals surface area contributed by atoms with Crippen LogP contribution in [0, 0.1) is 0 Å². The Labute approximate surface area is 95.6 Å². The van der Waals surface area contributed by atoms with E-state index >= 15 is 0 Å². The fourth-order valence-electron chi connectivity index (χ4n) is 1.24. The number of benzene rings is 1. The van der Waals surface area contributed by atoms with E-state index in [1.807, 2.05) is 0 Å². The molecule has 0 saturated heterocycles. The van der Waals surface area contributed by atoms with Crippen LogP contribution in [0.5, 0.6) is 5.75 Å².